The van der Waals surface area contributed by atoms with Crippen LogP contribution in [-0.2, 0) is 26.2 Å². The topological polar surface area (TPSA) is 86.8 Å². The Morgan fingerprint density at radius 3 is 2.23 bits per heavy atom. The van der Waals surface area contributed by atoms with Gasteiger partial charge in [-0.1, -0.05) is 61.2 Å². The lowest BCUT2D eigenvalue weighted by molar-refractivity contribution is -0.141. The number of rotatable bonds is 10. The second-order valence-electron chi connectivity index (χ2n) is 9.14. The van der Waals surface area contributed by atoms with Crippen LogP contribution in [-0.4, -0.2) is 55.1 Å². The smallest absolute Gasteiger partial charge is 0.243 e. The van der Waals surface area contributed by atoms with Crippen molar-refractivity contribution in [1.82, 2.24) is 14.5 Å². The third kappa shape index (κ3) is 7.06. The van der Waals surface area contributed by atoms with Crippen molar-refractivity contribution in [3.8, 4) is 0 Å². The number of hydrogen-bond donors (Lipinski definition) is 1. The molecule has 0 radical (unpaired) electrons. The molecule has 0 heterocycles. The Morgan fingerprint density at radius 2 is 1.66 bits per heavy atom. The zero-order valence-corrected chi connectivity index (χ0v) is 22.1. The molecule has 7 nitrogen and oxygen atoms in total. The first kappa shape index (κ1) is 27.2. The molecular weight excluding hydrogens is 486 g/mol. The summed E-state index contributed by atoms with van der Waals surface area (Å²) >= 11 is 5.89. The van der Waals surface area contributed by atoms with Crippen molar-refractivity contribution in [3.63, 3.8) is 0 Å². The highest BCUT2D eigenvalue weighted by Crippen LogP contribution is 2.21. The Kier molecular flexibility index (Phi) is 9.33. The molecule has 3 rings (SSSR count). The van der Waals surface area contributed by atoms with Gasteiger partial charge < -0.3 is 10.2 Å². The summed E-state index contributed by atoms with van der Waals surface area (Å²) in [6, 6.07) is 13.0. The van der Waals surface area contributed by atoms with Crippen LogP contribution in [0.15, 0.2) is 53.4 Å². The summed E-state index contributed by atoms with van der Waals surface area (Å²) in [5, 5.41) is 3.52. The van der Waals surface area contributed by atoms with Gasteiger partial charge >= 0.3 is 0 Å². The standard InChI is InChI=1S/C26H34ClN3O4S/c1-4-24(26(32)28-22-7-5-6-8-22)30(17-20-11-9-19(2)10-12-20)25(31)18-29(3)35(33,34)23-15-13-21(27)14-16-23/h9-16,22,24H,4-8,17-18H2,1-3H3,(H,28,32)/t24-/m1/s1. The van der Waals surface area contributed by atoms with Crippen molar-refractivity contribution in [1.29, 1.82) is 0 Å². The van der Waals surface area contributed by atoms with E-state index in [9.17, 15) is 18.0 Å². The van der Waals surface area contributed by atoms with E-state index in [2.05, 4.69) is 5.32 Å². The average Bonchev–Trinajstić information content (AvgIpc) is 3.33. The highest BCUT2D eigenvalue weighted by atomic mass is 35.5. The summed E-state index contributed by atoms with van der Waals surface area (Å²) in [6.45, 7) is 3.67. The summed E-state index contributed by atoms with van der Waals surface area (Å²) < 4.78 is 27.1. The zero-order valence-electron chi connectivity index (χ0n) is 20.5. The Labute approximate surface area is 213 Å². The quantitative estimate of drug-likeness (QED) is 0.511. The lowest BCUT2D eigenvalue weighted by atomic mass is 10.1. The molecule has 1 fully saturated rings. The van der Waals surface area contributed by atoms with E-state index in [4.69, 9.17) is 11.6 Å². The van der Waals surface area contributed by atoms with E-state index < -0.39 is 22.0 Å². The molecule has 1 aliphatic carbocycles. The minimum Gasteiger partial charge on any atom is -0.352 e. The van der Waals surface area contributed by atoms with Crippen molar-refractivity contribution < 1.29 is 18.0 Å². The van der Waals surface area contributed by atoms with Gasteiger partial charge in [-0.2, -0.15) is 4.31 Å². The number of carbonyl (C=O) groups is 2. The normalized spacial score (nSPS) is 15.2. The molecule has 0 aliphatic heterocycles. The van der Waals surface area contributed by atoms with Crippen LogP contribution in [0, 0.1) is 6.92 Å². The zero-order chi connectivity index (χ0) is 25.6. The SMILES string of the molecule is CC[C@H](C(=O)NC1CCCC1)N(Cc1ccc(C)cc1)C(=O)CN(C)S(=O)(=O)c1ccc(Cl)cc1. The molecule has 35 heavy (non-hydrogen) atoms. The minimum absolute atomic E-state index is 0.0494. The van der Waals surface area contributed by atoms with Gasteiger partial charge in [0.05, 0.1) is 11.4 Å². The molecule has 2 amide bonds. The first-order chi connectivity index (χ1) is 16.6. The van der Waals surface area contributed by atoms with Crippen molar-refractivity contribution in [2.45, 2.75) is 69.5 Å². The third-order valence-corrected chi connectivity index (χ3v) is 8.51. The number of likely N-dealkylation sites (N-methyl/N-ethyl adjacent to an activating group) is 1. The maximum Gasteiger partial charge on any atom is 0.243 e. The van der Waals surface area contributed by atoms with Gasteiger partial charge in [0, 0.05) is 24.7 Å². The van der Waals surface area contributed by atoms with Crippen LogP contribution in [0.25, 0.3) is 0 Å². The Morgan fingerprint density at radius 1 is 1.06 bits per heavy atom. The van der Waals surface area contributed by atoms with Crippen LogP contribution in [0.4, 0.5) is 0 Å². The molecule has 2 aromatic rings. The lowest BCUT2D eigenvalue weighted by Gasteiger charge is -2.32. The summed E-state index contributed by atoms with van der Waals surface area (Å²) in [5.74, 6) is -0.623. The third-order valence-electron chi connectivity index (χ3n) is 6.44. The molecule has 1 N–H and O–H groups in total. The predicted octanol–water partition coefficient (Wildman–Crippen LogP) is 4.14. The van der Waals surface area contributed by atoms with E-state index in [1.54, 1.807) is 0 Å². The molecule has 0 bridgehead atoms. The molecule has 1 aliphatic rings. The molecule has 1 atom stereocenters. The summed E-state index contributed by atoms with van der Waals surface area (Å²) in [6.07, 6.45) is 4.47. The van der Waals surface area contributed by atoms with E-state index in [0.29, 0.717) is 11.4 Å². The fourth-order valence-electron chi connectivity index (χ4n) is 4.33. The second kappa shape index (κ2) is 12.0. The number of halogens is 1. The Bertz CT molecular complexity index is 1110. The van der Waals surface area contributed by atoms with Crippen LogP contribution in [0.1, 0.15) is 50.2 Å². The van der Waals surface area contributed by atoms with Crippen molar-refractivity contribution >= 4 is 33.4 Å². The van der Waals surface area contributed by atoms with Gasteiger partial charge in [0.1, 0.15) is 6.04 Å². The number of aryl methyl sites for hydroxylation is 1. The van der Waals surface area contributed by atoms with Gasteiger partial charge in [-0.15, -0.1) is 0 Å². The first-order valence-corrected chi connectivity index (χ1v) is 13.8. The molecule has 0 unspecified atom stereocenters. The van der Waals surface area contributed by atoms with Crippen LogP contribution in [0.2, 0.25) is 5.02 Å². The average molecular weight is 520 g/mol. The fraction of sp³-hybridized carbons (Fsp3) is 0.462. The molecular formula is C26H34ClN3O4S. The fourth-order valence-corrected chi connectivity index (χ4v) is 5.58. The van der Waals surface area contributed by atoms with Gasteiger partial charge in [0.15, 0.2) is 0 Å². The number of hydrogen-bond acceptors (Lipinski definition) is 4. The van der Waals surface area contributed by atoms with Gasteiger partial charge in [-0.3, -0.25) is 9.59 Å². The number of carbonyl (C=O) groups excluding carboxylic acids is 2. The van der Waals surface area contributed by atoms with Crippen molar-refractivity contribution in [2.24, 2.45) is 0 Å². The van der Waals surface area contributed by atoms with Gasteiger partial charge in [-0.05, 0) is 56.0 Å². The molecule has 190 valence electrons. The molecule has 0 saturated heterocycles. The van der Waals surface area contributed by atoms with E-state index in [-0.39, 0.29) is 29.9 Å². The summed E-state index contributed by atoms with van der Waals surface area (Å²) in [7, 11) is -2.54. The summed E-state index contributed by atoms with van der Waals surface area (Å²) in [5.41, 5.74) is 1.96. The van der Waals surface area contributed by atoms with Crippen LogP contribution in [0.5, 0.6) is 0 Å². The van der Waals surface area contributed by atoms with Gasteiger partial charge in [0.25, 0.3) is 0 Å². The van der Waals surface area contributed by atoms with Gasteiger partial charge in [0.2, 0.25) is 21.8 Å². The van der Waals surface area contributed by atoms with E-state index in [1.165, 1.54) is 36.2 Å². The van der Waals surface area contributed by atoms with Crippen molar-refractivity contribution in [3.05, 3.63) is 64.7 Å². The highest BCUT2D eigenvalue weighted by molar-refractivity contribution is 7.89. The maximum absolute atomic E-state index is 13.5. The predicted molar refractivity (Wildman–Crippen MR) is 137 cm³/mol. The largest absolute Gasteiger partial charge is 0.352 e. The first-order valence-electron chi connectivity index (χ1n) is 12.0. The van der Waals surface area contributed by atoms with E-state index >= 15 is 0 Å². The second-order valence-corrected chi connectivity index (χ2v) is 11.6. The number of amides is 2. The Balaban J connectivity index is 1.83. The number of sulfonamides is 1. The van der Waals surface area contributed by atoms with Gasteiger partial charge in [-0.25, -0.2) is 8.42 Å². The Hall–Kier alpha value is -2.42. The number of nitrogens with one attached hydrogen (secondary N) is 1. The van der Waals surface area contributed by atoms with Crippen molar-refractivity contribution in [2.75, 3.05) is 13.6 Å². The molecule has 9 heteroatoms. The van der Waals surface area contributed by atoms with Crippen LogP contribution < -0.4 is 5.32 Å². The monoisotopic (exact) mass is 519 g/mol. The number of nitrogens with zero attached hydrogens (tertiary/aromatic N) is 2. The lowest BCUT2D eigenvalue weighted by Crippen LogP contribution is -2.53. The molecule has 1 saturated carbocycles. The number of benzene rings is 2. The van der Waals surface area contributed by atoms with E-state index in [1.807, 2.05) is 38.1 Å². The van der Waals surface area contributed by atoms with E-state index in [0.717, 1.165) is 41.1 Å². The highest BCUT2D eigenvalue weighted by Gasteiger charge is 2.33. The maximum atomic E-state index is 13.5. The minimum atomic E-state index is -3.91. The van der Waals surface area contributed by atoms with Crippen LogP contribution >= 0.6 is 11.6 Å². The van der Waals surface area contributed by atoms with Crippen LogP contribution in [0.3, 0.4) is 0 Å². The molecule has 0 spiro atoms. The molecule has 0 aromatic heterocycles. The summed E-state index contributed by atoms with van der Waals surface area (Å²) in [4.78, 5) is 28.3. The molecule has 2 aromatic carbocycles.